The molecule has 3 aromatic rings. The number of rotatable bonds is 9. The van der Waals surface area contributed by atoms with E-state index in [0.717, 1.165) is 6.07 Å². The normalized spacial score (nSPS) is 21.2. The highest BCUT2D eigenvalue weighted by molar-refractivity contribution is 14.1. The molecular weight excluding hydrogens is 736 g/mol. The predicted molar refractivity (Wildman–Crippen MR) is 179 cm³/mol. The quantitative estimate of drug-likeness (QED) is 0.133. The van der Waals surface area contributed by atoms with Crippen LogP contribution >= 0.6 is 45.8 Å². The molecule has 0 unspecified atom stereocenters. The van der Waals surface area contributed by atoms with Gasteiger partial charge in [0.05, 0.1) is 34.9 Å². The molecule has 0 heterocycles. The lowest BCUT2D eigenvalue weighted by atomic mass is 9.62. The molecule has 1 N–H and O–H groups in total. The van der Waals surface area contributed by atoms with Gasteiger partial charge in [0.2, 0.25) is 5.91 Å². The van der Waals surface area contributed by atoms with Crippen LogP contribution in [-0.4, -0.2) is 30.0 Å². The smallest absolute Gasteiger partial charge is 0.338 e. The monoisotopic (exact) mass is 768 g/mol. The highest BCUT2D eigenvalue weighted by Gasteiger charge is 2.61. The van der Waals surface area contributed by atoms with Crippen LogP contribution in [0.5, 0.6) is 5.75 Å². The van der Waals surface area contributed by atoms with Gasteiger partial charge in [-0.1, -0.05) is 84.8 Å². The van der Waals surface area contributed by atoms with Crippen LogP contribution in [0, 0.1) is 40.2 Å². The van der Waals surface area contributed by atoms with Crippen molar-refractivity contribution in [3.63, 3.8) is 0 Å². The van der Waals surface area contributed by atoms with Crippen LogP contribution in [0.2, 0.25) is 10.0 Å². The lowest BCUT2D eigenvalue weighted by molar-refractivity contribution is -0.120. The van der Waals surface area contributed by atoms with Gasteiger partial charge in [0.1, 0.15) is 24.0 Å². The maximum atomic E-state index is 15.9. The van der Waals surface area contributed by atoms with Gasteiger partial charge in [0, 0.05) is 26.8 Å². The van der Waals surface area contributed by atoms with Gasteiger partial charge >= 0.3 is 5.97 Å². The summed E-state index contributed by atoms with van der Waals surface area (Å²) >= 11 is 14.4. The Kier molecular flexibility index (Phi) is 11.0. The number of carbonyl (C=O) groups excluding carboxylic acids is 2. The Bertz CT molecular complexity index is 1640. The number of nitrogens with one attached hydrogen (secondary N) is 1. The lowest BCUT2D eigenvalue weighted by Gasteiger charge is -2.38. The van der Waals surface area contributed by atoms with Gasteiger partial charge in [0.15, 0.2) is 0 Å². The fourth-order valence-corrected chi connectivity index (χ4v) is 7.02. The van der Waals surface area contributed by atoms with E-state index in [9.17, 15) is 14.9 Å². The largest absolute Gasteiger partial charge is 0.495 e. The molecular formula is C34H33Cl2F2IN2O4. The van der Waals surface area contributed by atoms with E-state index in [1.165, 1.54) is 49.6 Å². The van der Waals surface area contributed by atoms with Crippen molar-refractivity contribution in [1.29, 1.82) is 5.26 Å². The summed E-state index contributed by atoms with van der Waals surface area (Å²) in [6, 6.07) is 15.3. The standard InChI is InChI=1S/C34H33Cl2F2IN2O4/c1-33(2,3)17-20-15-23(31(42)41-27-11-8-19(14-28(27)44-4)32(43)45-13-12-39)29(22-6-5-7-25(36)30(22)38)34(20,18-40)24-10-9-21(35)16-26(24)37/h5-11,14,16,20,23,29H,12-13,15,17H2,1-4H3,(H,41,42)/t20-,23+,29-,34+/m0/s1. The average Bonchev–Trinajstić information content (AvgIpc) is 3.30. The fraction of sp³-hybridized carbons (Fsp3) is 0.382. The maximum absolute atomic E-state index is 15.9. The van der Waals surface area contributed by atoms with Crippen LogP contribution in [0.15, 0.2) is 54.6 Å². The van der Waals surface area contributed by atoms with Crippen LogP contribution < -0.4 is 10.1 Å². The first-order chi connectivity index (χ1) is 21.3. The zero-order chi connectivity index (χ0) is 33.1. The van der Waals surface area contributed by atoms with Crippen molar-refractivity contribution in [3.8, 4) is 11.8 Å². The number of esters is 1. The van der Waals surface area contributed by atoms with Gasteiger partial charge in [-0.25, -0.2) is 13.6 Å². The summed E-state index contributed by atoms with van der Waals surface area (Å²) in [5.41, 5.74) is -1.42. The SMILES string of the molecule is COc1cc(C(=O)OCCI)ccc1NC(=O)[C@@H]1C[C@@H](CC(C)(C)C)[C@](C#N)(c2ccc(Cl)cc2F)[C@H]1c1cccc(Cl)c1F. The summed E-state index contributed by atoms with van der Waals surface area (Å²) in [5.74, 6) is -5.03. The van der Waals surface area contributed by atoms with Crippen molar-refractivity contribution in [1.82, 2.24) is 0 Å². The number of methoxy groups -OCH3 is 1. The Morgan fingerprint density at radius 2 is 1.87 bits per heavy atom. The molecule has 45 heavy (non-hydrogen) atoms. The Labute approximate surface area is 285 Å². The molecule has 0 radical (unpaired) electrons. The lowest BCUT2D eigenvalue weighted by Crippen LogP contribution is -2.39. The highest BCUT2D eigenvalue weighted by atomic mass is 127. The second-order valence-electron chi connectivity index (χ2n) is 12.3. The Morgan fingerprint density at radius 3 is 2.49 bits per heavy atom. The van der Waals surface area contributed by atoms with E-state index in [-0.39, 0.29) is 56.6 Å². The molecule has 0 saturated heterocycles. The van der Waals surface area contributed by atoms with Gasteiger partial charge in [-0.05, 0) is 66.1 Å². The number of anilines is 1. The minimum absolute atomic E-state index is 0.0373. The zero-order valence-electron chi connectivity index (χ0n) is 25.2. The van der Waals surface area contributed by atoms with E-state index < -0.39 is 46.7 Å². The second kappa shape index (κ2) is 14.2. The highest BCUT2D eigenvalue weighted by Crippen LogP contribution is 2.61. The Morgan fingerprint density at radius 1 is 1.13 bits per heavy atom. The van der Waals surface area contributed by atoms with Gasteiger partial charge in [-0.2, -0.15) is 5.26 Å². The third-order valence-electron chi connectivity index (χ3n) is 8.15. The predicted octanol–water partition coefficient (Wildman–Crippen LogP) is 9.13. The summed E-state index contributed by atoms with van der Waals surface area (Å²) in [4.78, 5) is 26.7. The first kappa shape index (κ1) is 34.9. The summed E-state index contributed by atoms with van der Waals surface area (Å²) in [7, 11) is 1.40. The average molecular weight is 769 g/mol. The molecule has 1 amide bonds. The van der Waals surface area contributed by atoms with Gasteiger partial charge in [-0.15, -0.1) is 0 Å². The molecule has 3 aromatic carbocycles. The Hall–Kier alpha value is -2.94. The number of ether oxygens (including phenoxy) is 2. The first-order valence-corrected chi connectivity index (χ1v) is 16.6. The van der Waals surface area contributed by atoms with E-state index in [0.29, 0.717) is 10.8 Å². The molecule has 4 rings (SSSR count). The number of amides is 1. The number of alkyl halides is 1. The van der Waals surface area contributed by atoms with Gasteiger partial charge < -0.3 is 14.8 Å². The molecule has 4 atom stereocenters. The Balaban J connectivity index is 1.88. The molecule has 238 valence electrons. The number of benzene rings is 3. The molecule has 1 aliphatic rings. The van der Waals surface area contributed by atoms with Gasteiger partial charge in [0.25, 0.3) is 0 Å². The first-order valence-electron chi connectivity index (χ1n) is 14.3. The van der Waals surface area contributed by atoms with Crippen molar-refractivity contribution in [3.05, 3.63) is 93.0 Å². The maximum Gasteiger partial charge on any atom is 0.338 e. The summed E-state index contributed by atoms with van der Waals surface area (Å²) in [6.07, 6.45) is 0.584. The van der Waals surface area contributed by atoms with Crippen LogP contribution in [0.4, 0.5) is 14.5 Å². The van der Waals surface area contributed by atoms with E-state index >= 15 is 8.78 Å². The van der Waals surface area contributed by atoms with E-state index in [2.05, 4.69) is 34.0 Å². The van der Waals surface area contributed by atoms with Crippen molar-refractivity contribution in [2.45, 2.75) is 44.9 Å². The van der Waals surface area contributed by atoms with Crippen molar-refractivity contribution >= 4 is 63.4 Å². The zero-order valence-corrected chi connectivity index (χ0v) is 28.9. The molecule has 6 nitrogen and oxygen atoms in total. The molecule has 11 heteroatoms. The fourth-order valence-electron chi connectivity index (χ4n) is 6.46. The number of halogens is 5. The third-order valence-corrected chi connectivity index (χ3v) is 9.12. The summed E-state index contributed by atoms with van der Waals surface area (Å²) < 4.78 is 43.1. The number of hydrogen-bond donors (Lipinski definition) is 1. The topological polar surface area (TPSA) is 88.4 Å². The van der Waals surface area contributed by atoms with Crippen molar-refractivity contribution < 1.29 is 27.8 Å². The van der Waals surface area contributed by atoms with Crippen molar-refractivity contribution in [2.75, 3.05) is 23.5 Å². The number of nitriles is 1. The third kappa shape index (κ3) is 7.23. The number of carbonyl (C=O) groups is 2. The second-order valence-corrected chi connectivity index (χ2v) is 14.2. The molecule has 0 spiro atoms. The van der Waals surface area contributed by atoms with E-state index in [1.807, 2.05) is 20.8 Å². The molecule has 1 aliphatic carbocycles. The van der Waals surface area contributed by atoms with Crippen LogP contribution in [0.3, 0.4) is 0 Å². The van der Waals surface area contributed by atoms with E-state index in [4.69, 9.17) is 32.7 Å². The summed E-state index contributed by atoms with van der Waals surface area (Å²) in [5, 5.41) is 13.9. The summed E-state index contributed by atoms with van der Waals surface area (Å²) in [6.45, 7) is 6.22. The minimum Gasteiger partial charge on any atom is -0.495 e. The van der Waals surface area contributed by atoms with Crippen LogP contribution in [-0.2, 0) is 14.9 Å². The minimum atomic E-state index is -1.66. The molecule has 0 aromatic heterocycles. The van der Waals surface area contributed by atoms with Gasteiger partial charge in [-0.3, -0.25) is 4.79 Å². The molecule has 1 saturated carbocycles. The van der Waals surface area contributed by atoms with Crippen molar-refractivity contribution in [2.24, 2.45) is 17.3 Å². The van der Waals surface area contributed by atoms with E-state index in [1.54, 1.807) is 6.07 Å². The molecule has 0 bridgehead atoms. The molecule has 0 aliphatic heterocycles. The molecule has 1 fully saturated rings. The number of hydrogen-bond acceptors (Lipinski definition) is 5. The van der Waals surface area contributed by atoms with Crippen LogP contribution in [0.1, 0.15) is 61.0 Å². The number of nitrogens with zero attached hydrogens (tertiary/aromatic N) is 1. The van der Waals surface area contributed by atoms with Crippen LogP contribution in [0.25, 0.3) is 0 Å².